The Hall–Kier alpha value is -1.99. The normalized spacial score (nSPS) is 21.3. The lowest BCUT2D eigenvalue weighted by Gasteiger charge is -2.42. The number of morpholine rings is 1. The van der Waals surface area contributed by atoms with Crippen molar-refractivity contribution in [3.8, 4) is 5.75 Å². The van der Waals surface area contributed by atoms with Crippen LogP contribution in [0.25, 0.3) is 0 Å². The van der Waals surface area contributed by atoms with E-state index in [9.17, 15) is 0 Å². The highest BCUT2D eigenvalue weighted by Crippen LogP contribution is 2.23. The molecule has 0 aliphatic carbocycles. The summed E-state index contributed by atoms with van der Waals surface area (Å²) in [4.78, 5) is 2.31. The van der Waals surface area contributed by atoms with Crippen LogP contribution in [0.1, 0.15) is 19.7 Å². The van der Waals surface area contributed by atoms with Crippen molar-refractivity contribution in [2.45, 2.75) is 32.1 Å². The first kappa shape index (κ1) is 15.9. The van der Waals surface area contributed by atoms with Crippen LogP contribution in [-0.4, -0.2) is 56.5 Å². The molecule has 124 valence electrons. The Kier molecular flexibility index (Phi) is 4.58. The van der Waals surface area contributed by atoms with Crippen LogP contribution in [0.15, 0.2) is 30.3 Å². The van der Waals surface area contributed by atoms with E-state index in [1.165, 1.54) is 0 Å². The highest BCUT2D eigenvalue weighted by atomic mass is 16.5. The molecule has 0 saturated carbocycles. The molecule has 1 saturated heterocycles. The highest BCUT2D eigenvalue weighted by molar-refractivity contribution is 5.20. The van der Waals surface area contributed by atoms with Gasteiger partial charge in [-0.1, -0.05) is 18.2 Å². The summed E-state index contributed by atoms with van der Waals surface area (Å²) in [6.45, 7) is 7.07. The Morgan fingerprint density at radius 3 is 2.78 bits per heavy atom. The van der Waals surface area contributed by atoms with Crippen molar-refractivity contribution in [2.24, 2.45) is 7.05 Å². The summed E-state index contributed by atoms with van der Waals surface area (Å²) in [5.41, 5.74) is -0.227. The molecule has 2 heterocycles. The third kappa shape index (κ3) is 4.27. The van der Waals surface area contributed by atoms with Crippen LogP contribution in [0.2, 0.25) is 0 Å². The van der Waals surface area contributed by atoms with Gasteiger partial charge in [-0.2, -0.15) is 0 Å². The zero-order chi connectivity index (χ0) is 16.3. The zero-order valence-electron chi connectivity index (χ0n) is 13.8. The molecular weight excluding hydrogens is 294 g/mol. The third-order valence-corrected chi connectivity index (χ3v) is 3.80. The van der Waals surface area contributed by atoms with Crippen molar-refractivity contribution in [3.63, 3.8) is 0 Å². The molecule has 0 unspecified atom stereocenters. The second-order valence-corrected chi connectivity index (χ2v) is 6.51. The smallest absolute Gasteiger partial charge is 0.164 e. The first-order valence-electron chi connectivity index (χ1n) is 7.81. The van der Waals surface area contributed by atoms with Crippen molar-refractivity contribution in [1.82, 2.24) is 25.1 Å². The molecule has 0 spiro atoms. The summed E-state index contributed by atoms with van der Waals surface area (Å²) in [7, 11) is 1.86. The van der Waals surface area contributed by atoms with Crippen LogP contribution in [0.5, 0.6) is 5.75 Å². The van der Waals surface area contributed by atoms with E-state index in [1.54, 1.807) is 4.68 Å². The van der Waals surface area contributed by atoms with Gasteiger partial charge in [0, 0.05) is 20.1 Å². The molecule has 23 heavy (non-hydrogen) atoms. The first-order valence-corrected chi connectivity index (χ1v) is 7.81. The largest absolute Gasteiger partial charge is 0.491 e. The van der Waals surface area contributed by atoms with Gasteiger partial charge in [0.25, 0.3) is 0 Å². The van der Waals surface area contributed by atoms with Crippen molar-refractivity contribution >= 4 is 0 Å². The van der Waals surface area contributed by atoms with E-state index in [0.717, 1.165) is 24.7 Å². The molecule has 0 radical (unpaired) electrons. The van der Waals surface area contributed by atoms with E-state index in [-0.39, 0.29) is 11.7 Å². The maximum atomic E-state index is 6.15. The van der Waals surface area contributed by atoms with Crippen LogP contribution in [0.3, 0.4) is 0 Å². The molecule has 1 atom stereocenters. The average molecular weight is 317 g/mol. The van der Waals surface area contributed by atoms with Gasteiger partial charge in [-0.25, -0.2) is 4.68 Å². The summed E-state index contributed by atoms with van der Waals surface area (Å²) >= 11 is 0. The number of tetrazole rings is 1. The van der Waals surface area contributed by atoms with Gasteiger partial charge in [0.05, 0.1) is 12.1 Å². The van der Waals surface area contributed by atoms with E-state index >= 15 is 0 Å². The summed E-state index contributed by atoms with van der Waals surface area (Å²) in [5, 5.41) is 11.6. The predicted octanol–water partition coefficient (Wildman–Crippen LogP) is 1.27. The van der Waals surface area contributed by atoms with Crippen LogP contribution in [0, 0.1) is 0 Å². The zero-order valence-corrected chi connectivity index (χ0v) is 13.8. The molecule has 1 aliphatic heterocycles. The van der Waals surface area contributed by atoms with Gasteiger partial charge < -0.3 is 9.47 Å². The van der Waals surface area contributed by atoms with Gasteiger partial charge in [-0.3, -0.25) is 4.90 Å². The Balaban J connectivity index is 1.61. The van der Waals surface area contributed by atoms with Crippen molar-refractivity contribution in [1.29, 1.82) is 0 Å². The lowest BCUT2D eigenvalue weighted by Crippen LogP contribution is -2.54. The molecule has 0 amide bonds. The topological polar surface area (TPSA) is 65.3 Å². The Bertz CT molecular complexity index is 628. The first-order chi connectivity index (χ1) is 11.0. The van der Waals surface area contributed by atoms with Gasteiger partial charge >= 0.3 is 0 Å². The van der Waals surface area contributed by atoms with Crippen LogP contribution in [-0.2, 0) is 18.3 Å². The van der Waals surface area contributed by atoms with Crippen LogP contribution >= 0.6 is 0 Å². The number of hydrogen-bond donors (Lipinski definition) is 0. The van der Waals surface area contributed by atoms with Crippen LogP contribution in [0.4, 0.5) is 0 Å². The lowest BCUT2D eigenvalue weighted by atomic mass is 10.1. The van der Waals surface area contributed by atoms with E-state index in [4.69, 9.17) is 9.47 Å². The quantitative estimate of drug-likeness (QED) is 0.827. The molecule has 1 fully saturated rings. The fourth-order valence-corrected chi connectivity index (χ4v) is 2.91. The van der Waals surface area contributed by atoms with Crippen molar-refractivity contribution < 1.29 is 9.47 Å². The number of nitrogens with zero attached hydrogens (tertiary/aromatic N) is 5. The second kappa shape index (κ2) is 6.64. The second-order valence-electron chi connectivity index (χ2n) is 6.51. The molecule has 0 bridgehead atoms. The van der Waals surface area contributed by atoms with Gasteiger partial charge in [0.1, 0.15) is 18.5 Å². The van der Waals surface area contributed by atoms with Gasteiger partial charge in [0.2, 0.25) is 0 Å². The Morgan fingerprint density at radius 1 is 1.30 bits per heavy atom. The summed E-state index contributed by atoms with van der Waals surface area (Å²) in [6.07, 6.45) is 0.0140. The van der Waals surface area contributed by atoms with Gasteiger partial charge in [0.15, 0.2) is 5.82 Å². The maximum absolute atomic E-state index is 6.15. The van der Waals surface area contributed by atoms with E-state index in [1.807, 2.05) is 37.4 Å². The highest BCUT2D eigenvalue weighted by Gasteiger charge is 2.34. The summed E-state index contributed by atoms with van der Waals surface area (Å²) in [5.74, 6) is 1.72. The lowest BCUT2D eigenvalue weighted by molar-refractivity contribution is -0.148. The number of ether oxygens (including phenoxy) is 2. The standard InChI is InChI=1S/C16H23N5O2/c1-16(2)12-21(10-15-17-18-19-20(15)3)9-14(23-16)11-22-13-7-5-4-6-8-13/h4-8,14H,9-12H2,1-3H3/t14-/m1/s1. The van der Waals surface area contributed by atoms with Gasteiger partial charge in [-0.15, -0.1) is 5.10 Å². The maximum Gasteiger partial charge on any atom is 0.164 e. The SMILES string of the molecule is Cn1nnnc1CN1C[C@H](COc2ccccc2)OC(C)(C)C1. The Labute approximate surface area is 136 Å². The Morgan fingerprint density at radius 2 is 2.09 bits per heavy atom. The predicted molar refractivity (Wildman–Crippen MR) is 85.0 cm³/mol. The molecule has 3 rings (SSSR count). The molecule has 1 aromatic carbocycles. The molecule has 7 nitrogen and oxygen atoms in total. The number of hydrogen-bond acceptors (Lipinski definition) is 6. The van der Waals surface area contributed by atoms with E-state index in [2.05, 4.69) is 34.3 Å². The fourth-order valence-electron chi connectivity index (χ4n) is 2.91. The van der Waals surface area contributed by atoms with E-state index < -0.39 is 0 Å². The number of aryl methyl sites for hydroxylation is 1. The monoisotopic (exact) mass is 317 g/mol. The van der Waals surface area contributed by atoms with Crippen molar-refractivity contribution in [3.05, 3.63) is 36.2 Å². The molecule has 2 aromatic rings. The molecule has 7 heteroatoms. The summed E-state index contributed by atoms with van der Waals surface area (Å²) < 4.78 is 13.7. The van der Waals surface area contributed by atoms with Crippen LogP contribution < -0.4 is 4.74 Å². The molecule has 0 N–H and O–H groups in total. The van der Waals surface area contributed by atoms with Gasteiger partial charge in [-0.05, 0) is 36.4 Å². The molecular formula is C16H23N5O2. The minimum atomic E-state index is -0.227. The molecule has 1 aliphatic rings. The number of aromatic nitrogens is 4. The number of benzene rings is 1. The minimum Gasteiger partial charge on any atom is -0.491 e. The average Bonchev–Trinajstić information content (AvgIpc) is 2.90. The summed E-state index contributed by atoms with van der Waals surface area (Å²) in [6, 6.07) is 9.82. The van der Waals surface area contributed by atoms with E-state index in [0.29, 0.717) is 13.2 Å². The number of para-hydroxylation sites is 1. The number of rotatable bonds is 5. The fraction of sp³-hybridized carbons (Fsp3) is 0.562. The van der Waals surface area contributed by atoms with Crippen molar-refractivity contribution in [2.75, 3.05) is 19.7 Å². The molecule has 1 aromatic heterocycles. The minimum absolute atomic E-state index is 0.0140. The third-order valence-electron chi connectivity index (χ3n) is 3.80.